The fraction of sp³-hybridized carbons (Fsp3) is 0.571. The zero-order valence-electron chi connectivity index (χ0n) is 11.0. The minimum atomic E-state index is 0.0534. The second kappa shape index (κ2) is 4.22. The Kier molecular flexibility index (Phi) is 3.04. The van der Waals surface area contributed by atoms with Crippen LogP contribution in [0.1, 0.15) is 26.3 Å². The number of anilines is 1. The van der Waals surface area contributed by atoms with E-state index in [2.05, 4.69) is 37.8 Å². The van der Waals surface area contributed by atoms with Crippen LogP contribution < -0.4 is 9.64 Å². The summed E-state index contributed by atoms with van der Waals surface area (Å²) in [5.74, 6) is 0.908. The summed E-state index contributed by atoms with van der Waals surface area (Å²) in [6.45, 7) is 7.26. The molecule has 1 aromatic rings. The number of aliphatic hydroxyl groups excluding tert-OH is 1. The van der Waals surface area contributed by atoms with Crippen molar-refractivity contribution in [3.05, 3.63) is 23.8 Å². The van der Waals surface area contributed by atoms with Crippen molar-refractivity contribution in [2.24, 2.45) is 0 Å². The molecule has 0 amide bonds. The molecule has 0 saturated carbocycles. The van der Waals surface area contributed by atoms with Gasteiger partial charge in [-0.1, -0.05) is 26.8 Å². The highest BCUT2D eigenvalue weighted by Gasteiger charge is 2.25. The van der Waals surface area contributed by atoms with Crippen molar-refractivity contribution in [3.63, 3.8) is 0 Å². The SMILES string of the molecule is CN1c2cc(C(C)(C)C)ccc2OCC1CO. The van der Waals surface area contributed by atoms with Gasteiger partial charge in [0.25, 0.3) is 0 Å². The Morgan fingerprint density at radius 2 is 2.12 bits per heavy atom. The lowest BCUT2D eigenvalue weighted by Crippen LogP contribution is -2.43. The van der Waals surface area contributed by atoms with E-state index in [1.807, 2.05) is 13.1 Å². The Morgan fingerprint density at radius 3 is 2.71 bits per heavy atom. The summed E-state index contributed by atoms with van der Waals surface area (Å²) in [4.78, 5) is 2.11. The normalized spacial score (nSPS) is 19.8. The molecule has 1 N–H and O–H groups in total. The topological polar surface area (TPSA) is 32.7 Å². The van der Waals surface area contributed by atoms with Gasteiger partial charge in [0.2, 0.25) is 0 Å². The zero-order valence-corrected chi connectivity index (χ0v) is 11.0. The summed E-state index contributed by atoms with van der Waals surface area (Å²) in [6.07, 6.45) is 0. The molecule has 2 rings (SSSR count). The maximum absolute atomic E-state index is 9.29. The predicted molar refractivity (Wildman–Crippen MR) is 69.9 cm³/mol. The first-order chi connectivity index (χ1) is 7.93. The third-order valence-corrected chi connectivity index (χ3v) is 3.39. The van der Waals surface area contributed by atoms with Gasteiger partial charge in [0.15, 0.2) is 0 Å². The lowest BCUT2D eigenvalue weighted by molar-refractivity contribution is 0.191. The number of rotatable bonds is 1. The standard InChI is InChI=1S/C14H21NO2/c1-14(2,3)10-5-6-13-12(7-10)15(4)11(8-16)9-17-13/h5-7,11,16H,8-9H2,1-4H3. The van der Waals surface area contributed by atoms with E-state index in [4.69, 9.17) is 4.74 Å². The molecular formula is C14H21NO2. The molecule has 0 aliphatic carbocycles. The lowest BCUT2D eigenvalue weighted by atomic mass is 9.86. The van der Waals surface area contributed by atoms with Crippen LogP contribution >= 0.6 is 0 Å². The van der Waals surface area contributed by atoms with Gasteiger partial charge in [-0.25, -0.2) is 0 Å². The van der Waals surface area contributed by atoms with Crippen LogP contribution in [-0.2, 0) is 5.41 Å². The van der Waals surface area contributed by atoms with Crippen molar-refractivity contribution in [2.45, 2.75) is 32.2 Å². The number of hydrogen-bond donors (Lipinski definition) is 1. The predicted octanol–water partition coefficient (Wildman–Crippen LogP) is 2.17. The van der Waals surface area contributed by atoms with E-state index in [0.717, 1.165) is 11.4 Å². The molecule has 0 fully saturated rings. The largest absolute Gasteiger partial charge is 0.489 e. The van der Waals surface area contributed by atoms with Gasteiger partial charge < -0.3 is 14.7 Å². The Balaban J connectivity index is 2.40. The first-order valence-corrected chi connectivity index (χ1v) is 6.04. The van der Waals surface area contributed by atoms with Crippen LogP contribution in [0.15, 0.2) is 18.2 Å². The minimum absolute atomic E-state index is 0.0534. The molecule has 1 aliphatic rings. The summed E-state index contributed by atoms with van der Waals surface area (Å²) in [5, 5.41) is 9.29. The first-order valence-electron chi connectivity index (χ1n) is 6.04. The Morgan fingerprint density at radius 1 is 1.41 bits per heavy atom. The molecule has 3 heteroatoms. The smallest absolute Gasteiger partial charge is 0.142 e. The van der Waals surface area contributed by atoms with E-state index in [0.29, 0.717) is 6.61 Å². The van der Waals surface area contributed by atoms with Gasteiger partial charge in [-0.3, -0.25) is 0 Å². The maximum Gasteiger partial charge on any atom is 0.142 e. The average Bonchev–Trinajstić information content (AvgIpc) is 2.28. The van der Waals surface area contributed by atoms with Gasteiger partial charge >= 0.3 is 0 Å². The molecule has 1 unspecified atom stereocenters. The Labute approximate surface area is 103 Å². The Hall–Kier alpha value is -1.22. The van der Waals surface area contributed by atoms with Crippen molar-refractivity contribution < 1.29 is 9.84 Å². The van der Waals surface area contributed by atoms with Crippen LogP contribution in [0.5, 0.6) is 5.75 Å². The van der Waals surface area contributed by atoms with E-state index in [1.165, 1.54) is 5.56 Å². The number of nitrogens with zero attached hydrogens (tertiary/aromatic N) is 1. The molecule has 1 atom stereocenters. The number of benzene rings is 1. The summed E-state index contributed by atoms with van der Waals surface area (Å²) in [6, 6.07) is 6.36. The summed E-state index contributed by atoms with van der Waals surface area (Å²) in [5.41, 5.74) is 2.48. The van der Waals surface area contributed by atoms with Crippen molar-refractivity contribution in [1.29, 1.82) is 0 Å². The third kappa shape index (κ3) is 2.25. The van der Waals surface area contributed by atoms with Gasteiger partial charge in [-0.15, -0.1) is 0 Å². The van der Waals surface area contributed by atoms with Crippen molar-refractivity contribution in [2.75, 3.05) is 25.2 Å². The van der Waals surface area contributed by atoms with Crippen molar-refractivity contribution >= 4 is 5.69 Å². The van der Waals surface area contributed by atoms with E-state index < -0.39 is 0 Å². The second-order valence-electron chi connectivity index (χ2n) is 5.69. The van der Waals surface area contributed by atoms with Crippen LogP contribution in [0.2, 0.25) is 0 Å². The Bertz CT molecular complexity index is 409. The number of fused-ring (bicyclic) bond motifs is 1. The molecular weight excluding hydrogens is 214 g/mol. The molecule has 0 bridgehead atoms. The average molecular weight is 235 g/mol. The van der Waals surface area contributed by atoms with Gasteiger partial charge in [0.05, 0.1) is 18.3 Å². The number of likely N-dealkylation sites (N-methyl/N-ethyl adjacent to an activating group) is 1. The van der Waals surface area contributed by atoms with Crippen LogP contribution in [0.25, 0.3) is 0 Å². The van der Waals surface area contributed by atoms with Crippen LogP contribution in [-0.4, -0.2) is 31.4 Å². The van der Waals surface area contributed by atoms with Gasteiger partial charge in [0.1, 0.15) is 12.4 Å². The molecule has 1 heterocycles. The highest BCUT2D eigenvalue weighted by atomic mass is 16.5. The number of hydrogen-bond acceptors (Lipinski definition) is 3. The molecule has 0 aromatic heterocycles. The highest BCUT2D eigenvalue weighted by molar-refractivity contribution is 5.62. The monoisotopic (exact) mass is 235 g/mol. The van der Waals surface area contributed by atoms with E-state index in [1.54, 1.807) is 0 Å². The summed E-state index contributed by atoms with van der Waals surface area (Å²) in [7, 11) is 2.01. The summed E-state index contributed by atoms with van der Waals surface area (Å²) >= 11 is 0. The van der Waals surface area contributed by atoms with E-state index in [-0.39, 0.29) is 18.1 Å². The zero-order chi connectivity index (χ0) is 12.6. The molecule has 1 aliphatic heterocycles. The third-order valence-electron chi connectivity index (χ3n) is 3.39. The van der Waals surface area contributed by atoms with Crippen LogP contribution in [0.3, 0.4) is 0 Å². The highest BCUT2D eigenvalue weighted by Crippen LogP contribution is 2.36. The van der Waals surface area contributed by atoms with E-state index in [9.17, 15) is 5.11 Å². The van der Waals surface area contributed by atoms with Gasteiger partial charge in [-0.05, 0) is 23.1 Å². The van der Waals surface area contributed by atoms with Gasteiger partial charge in [0, 0.05) is 7.05 Å². The maximum atomic E-state index is 9.29. The molecule has 0 saturated heterocycles. The molecule has 3 nitrogen and oxygen atoms in total. The molecule has 0 spiro atoms. The molecule has 1 aromatic carbocycles. The van der Waals surface area contributed by atoms with E-state index >= 15 is 0 Å². The molecule has 17 heavy (non-hydrogen) atoms. The molecule has 0 radical (unpaired) electrons. The fourth-order valence-electron chi connectivity index (χ4n) is 2.05. The van der Waals surface area contributed by atoms with Crippen molar-refractivity contribution in [1.82, 2.24) is 0 Å². The van der Waals surface area contributed by atoms with Crippen LogP contribution in [0, 0.1) is 0 Å². The first kappa shape index (κ1) is 12.2. The minimum Gasteiger partial charge on any atom is -0.489 e. The molecule has 94 valence electrons. The van der Waals surface area contributed by atoms with Crippen LogP contribution in [0.4, 0.5) is 5.69 Å². The quantitative estimate of drug-likeness (QED) is 0.809. The number of aliphatic hydroxyl groups is 1. The van der Waals surface area contributed by atoms with Crippen molar-refractivity contribution in [3.8, 4) is 5.75 Å². The fourth-order valence-corrected chi connectivity index (χ4v) is 2.05. The lowest BCUT2D eigenvalue weighted by Gasteiger charge is -2.35. The second-order valence-corrected chi connectivity index (χ2v) is 5.69. The number of ether oxygens (including phenoxy) is 1. The summed E-state index contributed by atoms with van der Waals surface area (Å²) < 4.78 is 5.66. The van der Waals surface area contributed by atoms with Gasteiger partial charge in [-0.2, -0.15) is 0 Å².